The van der Waals surface area contributed by atoms with E-state index in [0.29, 0.717) is 6.04 Å². The molecule has 106 valence electrons. The Morgan fingerprint density at radius 1 is 1.11 bits per heavy atom. The third kappa shape index (κ3) is 3.71. The Kier molecular flexibility index (Phi) is 5.08. The average Bonchev–Trinajstić information content (AvgIpc) is 2.38. The smallest absolute Gasteiger partial charge is 0.0154 e. The number of nitrogens with two attached hydrogens (primary N) is 1. The van der Waals surface area contributed by atoms with Gasteiger partial charge in [-0.2, -0.15) is 0 Å². The highest BCUT2D eigenvalue weighted by atomic mass is 15.2. The number of hydrogen-bond acceptors (Lipinski definition) is 2. The molecule has 1 aliphatic carbocycles. The van der Waals surface area contributed by atoms with E-state index in [1.807, 2.05) is 0 Å². The van der Waals surface area contributed by atoms with Crippen molar-refractivity contribution < 1.29 is 0 Å². The molecule has 0 aromatic carbocycles. The molecule has 2 aliphatic rings. The van der Waals surface area contributed by atoms with E-state index in [0.717, 1.165) is 6.04 Å². The van der Waals surface area contributed by atoms with Crippen LogP contribution in [0.1, 0.15) is 78.1 Å². The molecule has 2 heteroatoms. The first-order valence-corrected chi connectivity index (χ1v) is 8.15. The molecule has 2 N–H and O–H groups in total. The summed E-state index contributed by atoms with van der Waals surface area (Å²) in [6, 6.07) is 1.51. The first kappa shape index (κ1) is 14.3. The van der Waals surface area contributed by atoms with Gasteiger partial charge in [0.2, 0.25) is 0 Å². The third-order valence-corrected chi connectivity index (χ3v) is 5.16. The molecular weight excluding hydrogens is 220 g/mol. The fourth-order valence-corrected chi connectivity index (χ4v) is 3.97. The SMILES string of the molecule is CC(C)N1CCCCC1CCC1(N)CCCCC1. The van der Waals surface area contributed by atoms with Crippen molar-refractivity contribution in [2.75, 3.05) is 6.54 Å². The van der Waals surface area contributed by atoms with Crippen LogP contribution in [0, 0.1) is 0 Å². The molecule has 0 spiro atoms. The molecule has 2 fully saturated rings. The topological polar surface area (TPSA) is 29.3 Å². The predicted octanol–water partition coefficient (Wildman–Crippen LogP) is 3.69. The van der Waals surface area contributed by atoms with Crippen molar-refractivity contribution in [1.82, 2.24) is 4.90 Å². The second-order valence-corrected chi connectivity index (χ2v) is 6.94. The van der Waals surface area contributed by atoms with Crippen LogP contribution in [0.4, 0.5) is 0 Å². The lowest BCUT2D eigenvalue weighted by atomic mass is 9.78. The minimum absolute atomic E-state index is 0.179. The van der Waals surface area contributed by atoms with Gasteiger partial charge in [-0.1, -0.05) is 25.7 Å². The van der Waals surface area contributed by atoms with Crippen molar-refractivity contribution in [3.63, 3.8) is 0 Å². The molecule has 1 atom stereocenters. The molecule has 2 nitrogen and oxygen atoms in total. The monoisotopic (exact) mass is 252 g/mol. The summed E-state index contributed by atoms with van der Waals surface area (Å²) in [5, 5.41) is 0. The van der Waals surface area contributed by atoms with Crippen LogP contribution in [0.5, 0.6) is 0 Å². The van der Waals surface area contributed by atoms with Crippen LogP contribution in [-0.2, 0) is 0 Å². The number of nitrogens with zero attached hydrogens (tertiary/aromatic N) is 1. The predicted molar refractivity (Wildman–Crippen MR) is 78.7 cm³/mol. The number of rotatable bonds is 4. The summed E-state index contributed by atoms with van der Waals surface area (Å²) in [5.74, 6) is 0. The molecule has 0 aromatic rings. The molecule has 0 amide bonds. The molecule has 2 rings (SSSR count). The van der Waals surface area contributed by atoms with Gasteiger partial charge in [-0.05, 0) is 58.9 Å². The minimum Gasteiger partial charge on any atom is -0.325 e. The number of likely N-dealkylation sites (tertiary alicyclic amines) is 1. The van der Waals surface area contributed by atoms with E-state index in [2.05, 4.69) is 18.7 Å². The average molecular weight is 252 g/mol. The van der Waals surface area contributed by atoms with Gasteiger partial charge in [0.1, 0.15) is 0 Å². The second-order valence-electron chi connectivity index (χ2n) is 6.94. The second kappa shape index (κ2) is 6.38. The van der Waals surface area contributed by atoms with Gasteiger partial charge in [-0.25, -0.2) is 0 Å². The molecule has 0 bridgehead atoms. The maximum absolute atomic E-state index is 6.58. The molecule has 0 aromatic heterocycles. The molecule has 1 saturated carbocycles. The van der Waals surface area contributed by atoms with E-state index >= 15 is 0 Å². The maximum Gasteiger partial charge on any atom is 0.0154 e. The van der Waals surface area contributed by atoms with Crippen molar-refractivity contribution >= 4 is 0 Å². The van der Waals surface area contributed by atoms with Gasteiger partial charge < -0.3 is 5.73 Å². The Hall–Kier alpha value is -0.0800. The van der Waals surface area contributed by atoms with E-state index < -0.39 is 0 Å². The van der Waals surface area contributed by atoms with E-state index in [1.165, 1.54) is 70.8 Å². The van der Waals surface area contributed by atoms with E-state index in [1.54, 1.807) is 0 Å². The van der Waals surface area contributed by atoms with Gasteiger partial charge in [0, 0.05) is 17.6 Å². The first-order valence-electron chi connectivity index (χ1n) is 8.15. The maximum atomic E-state index is 6.58. The van der Waals surface area contributed by atoms with Gasteiger partial charge >= 0.3 is 0 Å². The fraction of sp³-hybridized carbons (Fsp3) is 1.00. The van der Waals surface area contributed by atoms with Crippen molar-refractivity contribution in [3.05, 3.63) is 0 Å². The summed E-state index contributed by atoms with van der Waals surface area (Å²) < 4.78 is 0. The van der Waals surface area contributed by atoms with Crippen molar-refractivity contribution in [3.8, 4) is 0 Å². The van der Waals surface area contributed by atoms with Crippen LogP contribution in [0.3, 0.4) is 0 Å². The Morgan fingerprint density at radius 2 is 1.83 bits per heavy atom. The van der Waals surface area contributed by atoms with E-state index in [9.17, 15) is 0 Å². The number of hydrogen-bond donors (Lipinski definition) is 1. The van der Waals surface area contributed by atoms with Crippen molar-refractivity contribution in [1.29, 1.82) is 0 Å². The van der Waals surface area contributed by atoms with Crippen molar-refractivity contribution in [2.45, 2.75) is 95.7 Å². The molecular formula is C16H32N2. The summed E-state index contributed by atoms with van der Waals surface area (Å²) in [7, 11) is 0. The third-order valence-electron chi connectivity index (χ3n) is 5.16. The largest absolute Gasteiger partial charge is 0.325 e. The van der Waals surface area contributed by atoms with Crippen LogP contribution in [0.2, 0.25) is 0 Å². The lowest BCUT2D eigenvalue weighted by Crippen LogP contribution is -2.47. The van der Waals surface area contributed by atoms with E-state index in [-0.39, 0.29) is 5.54 Å². The van der Waals surface area contributed by atoms with Crippen LogP contribution in [0.25, 0.3) is 0 Å². The molecule has 0 radical (unpaired) electrons. The highest BCUT2D eigenvalue weighted by Gasteiger charge is 2.30. The Bertz CT molecular complexity index is 243. The zero-order valence-electron chi connectivity index (χ0n) is 12.5. The van der Waals surface area contributed by atoms with Crippen LogP contribution < -0.4 is 5.73 Å². The van der Waals surface area contributed by atoms with Crippen LogP contribution >= 0.6 is 0 Å². The summed E-state index contributed by atoms with van der Waals surface area (Å²) in [6.45, 7) is 5.99. The Labute approximate surface area is 113 Å². The fourth-order valence-electron chi connectivity index (χ4n) is 3.97. The molecule has 1 saturated heterocycles. The summed E-state index contributed by atoms with van der Waals surface area (Å²) in [4.78, 5) is 2.72. The molecule has 1 aliphatic heterocycles. The van der Waals surface area contributed by atoms with Gasteiger partial charge in [0.05, 0.1) is 0 Å². The van der Waals surface area contributed by atoms with Crippen LogP contribution in [0.15, 0.2) is 0 Å². The lowest BCUT2D eigenvalue weighted by molar-refractivity contribution is 0.0950. The first-order chi connectivity index (χ1) is 8.61. The zero-order valence-corrected chi connectivity index (χ0v) is 12.5. The highest BCUT2D eigenvalue weighted by molar-refractivity contribution is 4.90. The zero-order chi connectivity index (χ0) is 13.0. The lowest BCUT2D eigenvalue weighted by Gasteiger charge is -2.41. The summed E-state index contributed by atoms with van der Waals surface area (Å²) in [5.41, 5.74) is 6.76. The number of piperidine rings is 1. The Morgan fingerprint density at radius 3 is 2.50 bits per heavy atom. The minimum atomic E-state index is 0.179. The van der Waals surface area contributed by atoms with Gasteiger partial charge in [-0.3, -0.25) is 4.90 Å². The van der Waals surface area contributed by atoms with Gasteiger partial charge in [-0.15, -0.1) is 0 Å². The Balaban J connectivity index is 1.83. The van der Waals surface area contributed by atoms with E-state index in [4.69, 9.17) is 5.73 Å². The van der Waals surface area contributed by atoms with Crippen molar-refractivity contribution in [2.24, 2.45) is 5.73 Å². The van der Waals surface area contributed by atoms with Gasteiger partial charge in [0.25, 0.3) is 0 Å². The quantitative estimate of drug-likeness (QED) is 0.827. The molecule has 1 unspecified atom stereocenters. The molecule has 18 heavy (non-hydrogen) atoms. The normalized spacial score (nSPS) is 29.7. The van der Waals surface area contributed by atoms with Crippen LogP contribution in [-0.4, -0.2) is 29.1 Å². The summed E-state index contributed by atoms with van der Waals surface area (Å²) >= 11 is 0. The standard InChI is InChI=1S/C16H32N2/c1-14(2)18-13-7-4-8-15(18)9-12-16(17)10-5-3-6-11-16/h14-15H,3-13,17H2,1-2H3. The molecule has 1 heterocycles. The van der Waals surface area contributed by atoms with Gasteiger partial charge in [0.15, 0.2) is 0 Å². The summed E-state index contributed by atoms with van der Waals surface area (Å²) in [6.07, 6.45) is 13.4. The highest BCUT2D eigenvalue weighted by Crippen LogP contribution is 2.32.